The van der Waals surface area contributed by atoms with Crippen molar-refractivity contribution in [3.05, 3.63) is 41.2 Å². The molecule has 0 amide bonds. The molecule has 0 bridgehead atoms. The summed E-state index contributed by atoms with van der Waals surface area (Å²) < 4.78 is 5.94. The van der Waals surface area contributed by atoms with Crippen LogP contribution in [0.1, 0.15) is 23.4 Å². The summed E-state index contributed by atoms with van der Waals surface area (Å²) in [5.74, 6) is 1.67. The lowest BCUT2D eigenvalue weighted by atomic mass is 10.1. The first-order valence-corrected chi connectivity index (χ1v) is 7.58. The highest BCUT2D eigenvalue weighted by molar-refractivity contribution is 5.61. The molecule has 1 aliphatic rings. The van der Waals surface area contributed by atoms with Crippen LogP contribution in [0.25, 0.3) is 5.57 Å². The van der Waals surface area contributed by atoms with E-state index in [-0.39, 0.29) is 0 Å². The number of aromatic nitrogens is 4. The molecule has 116 valence electrons. The summed E-state index contributed by atoms with van der Waals surface area (Å²) in [5.41, 5.74) is 3.61. The molecule has 0 unspecified atom stereocenters. The van der Waals surface area contributed by atoms with Crippen molar-refractivity contribution >= 4 is 5.57 Å². The highest BCUT2D eigenvalue weighted by Gasteiger charge is 2.16. The molecule has 1 aliphatic heterocycles. The lowest BCUT2D eigenvalue weighted by molar-refractivity contribution is 0.222. The molecule has 22 heavy (non-hydrogen) atoms. The molecule has 1 aromatic heterocycles. The molecule has 0 radical (unpaired) electrons. The summed E-state index contributed by atoms with van der Waals surface area (Å²) in [7, 11) is 0. The minimum absolute atomic E-state index is 0.684. The monoisotopic (exact) mass is 299 g/mol. The van der Waals surface area contributed by atoms with Crippen LogP contribution in [0.5, 0.6) is 5.75 Å². The number of nitrogens with zero attached hydrogens (tertiary/aromatic N) is 4. The number of tetrazole rings is 1. The summed E-state index contributed by atoms with van der Waals surface area (Å²) >= 11 is 0. The topological polar surface area (TPSA) is 66.9 Å². The number of aryl methyl sites for hydroxylation is 1. The molecule has 1 N–H and O–H groups in total. The van der Waals surface area contributed by atoms with E-state index in [0.29, 0.717) is 12.4 Å². The normalized spacial score (nSPS) is 15.6. The molecule has 3 rings (SSSR count). The van der Waals surface area contributed by atoms with Gasteiger partial charge in [-0.1, -0.05) is 18.2 Å². The van der Waals surface area contributed by atoms with Crippen molar-refractivity contribution in [2.45, 2.75) is 20.3 Å². The van der Waals surface area contributed by atoms with Crippen molar-refractivity contribution in [3.8, 4) is 5.75 Å². The van der Waals surface area contributed by atoms with Crippen molar-refractivity contribution in [1.82, 2.24) is 25.5 Å². The molecule has 1 aromatic carbocycles. The highest BCUT2D eigenvalue weighted by Crippen LogP contribution is 2.21. The summed E-state index contributed by atoms with van der Waals surface area (Å²) in [5, 5.41) is 14.2. The van der Waals surface area contributed by atoms with Gasteiger partial charge in [-0.15, -0.1) is 10.2 Å². The van der Waals surface area contributed by atoms with E-state index < -0.39 is 0 Å². The maximum Gasteiger partial charge on any atom is 0.201 e. The minimum Gasteiger partial charge on any atom is -0.492 e. The lowest BCUT2D eigenvalue weighted by Crippen LogP contribution is -2.33. The third-order valence-electron chi connectivity index (χ3n) is 4.08. The van der Waals surface area contributed by atoms with Crippen molar-refractivity contribution in [2.75, 3.05) is 26.2 Å². The van der Waals surface area contributed by atoms with Crippen LogP contribution in [-0.2, 0) is 0 Å². The first-order chi connectivity index (χ1) is 10.7. The molecular weight excluding hydrogens is 278 g/mol. The fourth-order valence-electron chi connectivity index (χ4n) is 2.62. The quantitative estimate of drug-likeness (QED) is 0.914. The summed E-state index contributed by atoms with van der Waals surface area (Å²) in [6, 6.07) is 6.17. The summed E-state index contributed by atoms with van der Waals surface area (Å²) in [6.07, 6.45) is 3.19. The van der Waals surface area contributed by atoms with Gasteiger partial charge in [-0.25, -0.2) is 0 Å². The molecule has 0 spiro atoms. The Kier molecular flexibility index (Phi) is 4.48. The Hall–Kier alpha value is -2.21. The molecule has 6 heteroatoms. The third-order valence-corrected chi connectivity index (χ3v) is 4.08. The highest BCUT2D eigenvalue weighted by atomic mass is 16.5. The molecule has 0 atom stereocenters. The van der Waals surface area contributed by atoms with E-state index >= 15 is 0 Å². The number of benzene rings is 1. The van der Waals surface area contributed by atoms with Gasteiger partial charge >= 0.3 is 0 Å². The smallest absolute Gasteiger partial charge is 0.201 e. The van der Waals surface area contributed by atoms with E-state index in [1.807, 2.05) is 12.1 Å². The zero-order chi connectivity index (χ0) is 15.4. The zero-order valence-corrected chi connectivity index (χ0v) is 13.0. The Labute approximate surface area is 130 Å². The second-order valence-electron chi connectivity index (χ2n) is 5.58. The van der Waals surface area contributed by atoms with Crippen LogP contribution in [-0.4, -0.2) is 51.8 Å². The maximum absolute atomic E-state index is 5.94. The number of H-pyrrole nitrogens is 1. The Balaban J connectivity index is 1.52. The molecule has 2 aromatic rings. The van der Waals surface area contributed by atoms with Gasteiger partial charge in [0.1, 0.15) is 12.4 Å². The maximum atomic E-state index is 5.94. The van der Waals surface area contributed by atoms with Crippen LogP contribution in [0.3, 0.4) is 0 Å². The Bertz CT molecular complexity index is 651. The number of hydrogen-bond acceptors (Lipinski definition) is 5. The Morgan fingerprint density at radius 2 is 2.23 bits per heavy atom. The predicted molar refractivity (Wildman–Crippen MR) is 84.6 cm³/mol. The zero-order valence-electron chi connectivity index (χ0n) is 13.0. The molecule has 0 aliphatic carbocycles. The largest absolute Gasteiger partial charge is 0.492 e. The van der Waals surface area contributed by atoms with Crippen molar-refractivity contribution in [1.29, 1.82) is 0 Å². The van der Waals surface area contributed by atoms with E-state index in [4.69, 9.17) is 4.74 Å². The number of aromatic amines is 1. The summed E-state index contributed by atoms with van der Waals surface area (Å²) in [6.45, 7) is 7.66. The van der Waals surface area contributed by atoms with E-state index in [2.05, 4.69) is 51.5 Å². The standard InChI is InChI=1S/C16H21N5O/c1-12-5-3-7-15(13(12)2)22-10-9-21-8-4-6-14(11-21)16-17-19-20-18-16/h3,5-7H,4,8-11H2,1-2H3,(H,17,18,19,20). The molecule has 2 heterocycles. The third kappa shape index (κ3) is 3.33. The summed E-state index contributed by atoms with van der Waals surface area (Å²) in [4.78, 5) is 2.36. The van der Waals surface area contributed by atoms with E-state index in [1.165, 1.54) is 11.1 Å². The fraction of sp³-hybridized carbons (Fsp3) is 0.438. The number of hydrogen-bond donors (Lipinski definition) is 1. The minimum atomic E-state index is 0.684. The number of rotatable bonds is 5. The van der Waals surface area contributed by atoms with Crippen molar-refractivity contribution < 1.29 is 4.74 Å². The van der Waals surface area contributed by atoms with Gasteiger partial charge in [0.15, 0.2) is 0 Å². The second kappa shape index (κ2) is 6.70. The molecular formula is C16H21N5O. The van der Waals surface area contributed by atoms with Crippen molar-refractivity contribution in [2.24, 2.45) is 0 Å². The lowest BCUT2D eigenvalue weighted by Gasteiger charge is -2.26. The molecule has 0 saturated carbocycles. The van der Waals surface area contributed by atoms with Gasteiger partial charge in [0.2, 0.25) is 5.82 Å². The number of ether oxygens (including phenoxy) is 1. The first kappa shape index (κ1) is 14.7. The van der Waals surface area contributed by atoms with E-state index in [9.17, 15) is 0 Å². The molecule has 0 saturated heterocycles. The van der Waals surface area contributed by atoms with Gasteiger partial charge in [-0.05, 0) is 42.7 Å². The molecule has 0 fully saturated rings. The van der Waals surface area contributed by atoms with Gasteiger partial charge in [0.05, 0.1) is 0 Å². The van der Waals surface area contributed by atoms with Gasteiger partial charge in [0.25, 0.3) is 0 Å². The van der Waals surface area contributed by atoms with Crippen LogP contribution in [0.4, 0.5) is 0 Å². The van der Waals surface area contributed by atoms with E-state index in [0.717, 1.165) is 37.4 Å². The molecule has 6 nitrogen and oxygen atoms in total. The Morgan fingerprint density at radius 1 is 1.32 bits per heavy atom. The van der Waals surface area contributed by atoms with Crippen LogP contribution in [0, 0.1) is 13.8 Å². The van der Waals surface area contributed by atoms with Crippen LogP contribution >= 0.6 is 0 Å². The van der Waals surface area contributed by atoms with Gasteiger partial charge in [-0.2, -0.15) is 5.21 Å². The van der Waals surface area contributed by atoms with Crippen molar-refractivity contribution in [3.63, 3.8) is 0 Å². The first-order valence-electron chi connectivity index (χ1n) is 7.58. The number of nitrogens with one attached hydrogen (secondary N) is 1. The second-order valence-corrected chi connectivity index (χ2v) is 5.58. The van der Waals surface area contributed by atoms with Crippen LogP contribution in [0.2, 0.25) is 0 Å². The van der Waals surface area contributed by atoms with E-state index in [1.54, 1.807) is 0 Å². The SMILES string of the molecule is Cc1cccc(OCCN2CCC=C(c3nn[nH]n3)C2)c1C. The van der Waals surface area contributed by atoms with Crippen LogP contribution in [0.15, 0.2) is 24.3 Å². The average Bonchev–Trinajstić information content (AvgIpc) is 3.06. The average molecular weight is 299 g/mol. The van der Waals surface area contributed by atoms with Gasteiger partial charge < -0.3 is 4.74 Å². The predicted octanol–water partition coefficient (Wildman–Crippen LogP) is 1.98. The van der Waals surface area contributed by atoms with Crippen LogP contribution < -0.4 is 4.74 Å². The Morgan fingerprint density at radius 3 is 3.05 bits per heavy atom. The fourth-order valence-corrected chi connectivity index (χ4v) is 2.62. The van der Waals surface area contributed by atoms with Gasteiger partial charge in [0, 0.05) is 25.2 Å². The van der Waals surface area contributed by atoms with Gasteiger partial charge in [-0.3, -0.25) is 4.90 Å².